The fourth-order valence-electron chi connectivity index (χ4n) is 2.13. The molecule has 2 radical (unpaired) electrons. The Morgan fingerprint density at radius 2 is 2.07 bits per heavy atom. The molecule has 0 aliphatic carbocycles. The SMILES string of the molecule is [CH]1CCCNCC1.[CH]1CCN2CC2C1. The normalized spacial score (nSPS) is 36.0. The van der Waals surface area contributed by atoms with Gasteiger partial charge < -0.3 is 5.32 Å². The van der Waals surface area contributed by atoms with Crippen LogP contribution in [0.2, 0.25) is 0 Å². The minimum absolute atomic E-state index is 0.980. The van der Waals surface area contributed by atoms with Crippen molar-refractivity contribution in [3.63, 3.8) is 0 Å². The average molecular weight is 194 g/mol. The quantitative estimate of drug-likeness (QED) is 0.590. The maximum absolute atomic E-state index is 3.32. The number of hydrogen-bond donors (Lipinski definition) is 1. The summed E-state index contributed by atoms with van der Waals surface area (Å²) >= 11 is 0. The van der Waals surface area contributed by atoms with Crippen molar-refractivity contribution in [3.05, 3.63) is 12.8 Å². The zero-order valence-electron chi connectivity index (χ0n) is 9.04. The van der Waals surface area contributed by atoms with E-state index in [2.05, 4.69) is 23.1 Å². The summed E-state index contributed by atoms with van der Waals surface area (Å²) in [6.07, 6.45) is 11.4. The first-order chi connectivity index (χ1) is 6.97. The maximum atomic E-state index is 3.32. The van der Waals surface area contributed by atoms with Gasteiger partial charge in [-0.2, -0.15) is 0 Å². The van der Waals surface area contributed by atoms with Gasteiger partial charge in [0.2, 0.25) is 0 Å². The molecule has 3 heterocycles. The Balaban J connectivity index is 0.000000107. The van der Waals surface area contributed by atoms with E-state index in [-0.39, 0.29) is 0 Å². The number of piperidine rings is 1. The summed E-state index contributed by atoms with van der Waals surface area (Å²) in [7, 11) is 0. The largest absolute Gasteiger partial charge is 0.317 e. The van der Waals surface area contributed by atoms with E-state index in [0.717, 1.165) is 6.04 Å². The lowest BCUT2D eigenvalue weighted by Crippen LogP contribution is -2.13. The molecule has 2 nitrogen and oxygen atoms in total. The van der Waals surface area contributed by atoms with Crippen LogP contribution in [0.5, 0.6) is 0 Å². The van der Waals surface area contributed by atoms with Gasteiger partial charge in [0, 0.05) is 12.6 Å². The standard InChI is InChI=1S/C6H10N.C6H12N/c1-2-4-7-5-6(7)3-1;1-2-4-6-7-5-3-1/h1,6H,2-5H2;1,7H,2-6H2. The van der Waals surface area contributed by atoms with E-state index in [0.29, 0.717) is 0 Å². The Kier molecular flexibility index (Phi) is 4.26. The predicted molar refractivity (Wildman–Crippen MR) is 59.9 cm³/mol. The van der Waals surface area contributed by atoms with Gasteiger partial charge in [-0.15, -0.1) is 0 Å². The van der Waals surface area contributed by atoms with E-state index in [1.165, 1.54) is 58.3 Å². The highest BCUT2D eigenvalue weighted by Crippen LogP contribution is 2.27. The molecule has 0 spiro atoms. The highest BCUT2D eigenvalue weighted by Gasteiger charge is 2.35. The van der Waals surface area contributed by atoms with Crippen molar-refractivity contribution in [2.75, 3.05) is 26.2 Å². The molecule has 3 saturated heterocycles. The Hall–Kier alpha value is -0.0800. The lowest BCUT2D eigenvalue weighted by molar-refractivity contribution is 0.461. The first-order valence-corrected chi connectivity index (χ1v) is 6.05. The van der Waals surface area contributed by atoms with Crippen LogP contribution in [0.1, 0.15) is 32.1 Å². The average Bonchev–Trinajstić information content (AvgIpc) is 3.04. The van der Waals surface area contributed by atoms with Crippen LogP contribution in [0.25, 0.3) is 0 Å². The van der Waals surface area contributed by atoms with Crippen molar-refractivity contribution >= 4 is 0 Å². The minimum Gasteiger partial charge on any atom is -0.317 e. The first-order valence-electron chi connectivity index (χ1n) is 6.05. The van der Waals surface area contributed by atoms with Crippen LogP contribution in [-0.4, -0.2) is 37.1 Å². The first kappa shape index (κ1) is 10.4. The van der Waals surface area contributed by atoms with Crippen molar-refractivity contribution in [2.45, 2.75) is 38.1 Å². The van der Waals surface area contributed by atoms with E-state index in [9.17, 15) is 0 Å². The topological polar surface area (TPSA) is 15.0 Å². The van der Waals surface area contributed by atoms with Crippen molar-refractivity contribution in [1.82, 2.24) is 10.2 Å². The third-order valence-electron chi connectivity index (χ3n) is 3.17. The van der Waals surface area contributed by atoms with Gasteiger partial charge in [-0.25, -0.2) is 0 Å². The van der Waals surface area contributed by atoms with Gasteiger partial charge >= 0.3 is 0 Å². The van der Waals surface area contributed by atoms with E-state index in [1.807, 2.05) is 0 Å². The summed E-state index contributed by atoms with van der Waals surface area (Å²) in [4.78, 5) is 2.53. The molecule has 0 saturated carbocycles. The van der Waals surface area contributed by atoms with Crippen molar-refractivity contribution in [3.8, 4) is 0 Å². The Morgan fingerprint density at radius 1 is 1.07 bits per heavy atom. The van der Waals surface area contributed by atoms with Crippen LogP contribution in [0.4, 0.5) is 0 Å². The summed E-state index contributed by atoms with van der Waals surface area (Å²) in [5, 5.41) is 3.32. The third-order valence-corrected chi connectivity index (χ3v) is 3.17. The second kappa shape index (κ2) is 5.72. The predicted octanol–water partition coefficient (Wildman–Crippen LogP) is 1.63. The van der Waals surface area contributed by atoms with Gasteiger partial charge in [0.25, 0.3) is 0 Å². The fourth-order valence-corrected chi connectivity index (χ4v) is 2.13. The molecule has 0 aromatic rings. The van der Waals surface area contributed by atoms with Crippen molar-refractivity contribution in [1.29, 1.82) is 0 Å². The van der Waals surface area contributed by atoms with Gasteiger partial charge in [0.05, 0.1) is 0 Å². The number of nitrogens with zero attached hydrogens (tertiary/aromatic N) is 1. The molecule has 0 amide bonds. The highest BCUT2D eigenvalue weighted by molar-refractivity contribution is 4.97. The zero-order chi connectivity index (χ0) is 9.64. The maximum Gasteiger partial charge on any atom is 0.0226 e. The van der Waals surface area contributed by atoms with Gasteiger partial charge in [0.15, 0.2) is 0 Å². The van der Waals surface area contributed by atoms with Crippen LogP contribution >= 0.6 is 0 Å². The summed E-state index contributed by atoms with van der Waals surface area (Å²) in [5.41, 5.74) is 0. The molecule has 0 bridgehead atoms. The molecule has 1 N–H and O–H groups in total. The lowest BCUT2D eigenvalue weighted by atomic mass is 10.1. The monoisotopic (exact) mass is 194 g/mol. The number of fused-ring (bicyclic) bond motifs is 1. The Labute approximate surface area is 88.1 Å². The van der Waals surface area contributed by atoms with Crippen molar-refractivity contribution < 1.29 is 0 Å². The number of rotatable bonds is 0. The smallest absolute Gasteiger partial charge is 0.0226 e. The molecule has 3 aliphatic heterocycles. The Morgan fingerprint density at radius 3 is 2.86 bits per heavy atom. The van der Waals surface area contributed by atoms with E-state index < -0.39 is 0 Å². The third kappa shape index (κ3) is 3.58. The molecule has 0 aromatic carbocycles. The number of hydrogen-bond acceptors (Lipinski definition) is 2. The molecule has 3 aliphatic rings. The van der Waals surface area contributed by atoms with Crippen LogP contribution in [0.15, 0.2) is 0 Å². The second-order valence-electron chi connectivity index (χ2n) is 4.43. The van der Waals surface area contributed by atoms with Gasteiger partial charge in [-0.05, 0) is 64.6 Å². The molecule has 14 heavy (non-hydrogen) atoms. The minimum atomic E-state index is 0.980. The second-order valence-corrected chi connectivity index (χ2v) is 4.43. The molecule has 3 rings (SSSR count). The Bertz CT molecular complexity index is 129. The van der Waals surface area contributed by atoms with Gasteiger partial charge in [-0.3, -0.25) is 4.90 Å². The highest BCUT2D eigenvalue weighted by atomic mass is 15.3. The molecule has 3 fully saturated rings. The number of nitrogens with one attached hydrogen (secondary N) is 1. The molecule has 0 aromatic heterocycles. The molecule has 2 heteroatoms. The van der Waals surface area contributed by atoms with E-state index >= 15 is 0 Å². The van der Waals surface area contributed by atoms with E-state index in [1.54, 1.807) is 0 Å². The molecular weight excluding hydrogens is 172 g/mol. The van der Waals surface area contributed by atoms with E-state index in [4.69, 9.17) is 0 Å². The molecule has 80 valence electrons. The summed E-state index contributed by atoms with van der Waals surface area (Å²) in [6.45, 7) is 5.14. The molecule has 2 atom stereocenters. The summed E-state index contributed by atoms with van der Waals surface area (Å²) in [6, 6.07) is 0.980. The summed E-state index contributed by atoms with van der Waals surface area (Å²) in [5.74, 6) is 0. The van der Waals surface area contributed by atoms with Gasteiger partial charge in [0.1, 0.15) is 0 Å². The van der Waals surface area contributed by atoms with Crippen LogP contribution < -0.4 is 5.32 Å². The fraction of sp³-hybridized carbons (Fsp3) is 0.833. The lowest BCUT2D eigenvalue weighted by Gasteiger charge is -2.07. The molecular formula is C12H22N2. The van der Waals surface area contributed by atoms with Crippen LogP contribution in [0, 0.1) is 12.8 Å². The van der Waals surface area contributed by atoms with Crippen LogP contribution in [0.3, 0.4) is 0 Å². The van der Waals surface area contributed by atoms with Crippen LogP contribution in [-0.2, 0) is 0 Å². The molecule has 2 unspecified atom stereocenters. The summed E-state index contributed by atoms with van der Waals surface area (Å²) < 4.78 is 0. The van der Waals surface area contributed by atoms with Crippen molar-refractivity contribution in [2.24, 2.45) is 0 Å². The van der Waals surface area contributed by atoms with Gasteiger partial charge in [-0.1, -0.05) is 0 Å². The zero-order valence-corrected chi connectivity index (χ0v) is 9.04.